The minimum absolute atomic E-state index is 0.207. The summed E-state index contributed by atoms with van der Waals surface area (Å²) < 4.78 is 37.4. The Labute approximate surface area is 117 Å². The van der Waals surface area contributed by atoms with Gasteiger partial charge in [0, 0.05) is 22.9 Å². The lowest BCUT2D eigenvalue weighted by molar-refractivity contribution is -0.192. The van der Waals surface area contributed by atoms with Crippen molar-refractivity contribution in [3.05, 3.63) is 15.8 Å². The van der Waals surface area contributed by atoms with Crippen LogP contribution >= 0.6 is 11.3 Å². The van der Waals surface area contributed by atoms with Crippen LogP contribution in [0.25, 0.3) is 0 Å². The van der Waals surface area contributed by atoms with Crippen LogP contribution < -0.4 is 10.5 Å². The molecule has 1 aromatic rings. The molecular weight excluding hydrogens is 295 g/mol. The molecule has 1 fully saturated rings. The number of carboxylic acids is 1. The first-order valence-corrected chi connectivity index (χ1v) is 6.95. The van der Waals surface area contributed by atoms with Crippen molar-refractivity contribution < 1.29 is 27.8 Å². The molecule has 0 radical (unpaired) electrons. The third kappa shape index (κ3) is 3.63. The summed E-state index contributed by atoms with van der Waals surface area (Å²) in [6.45, 7) is 0.698. The molecule has 0 saturated heterocycles. The number of halogens is 3. The van der Waals surface area contributed by atoms with E-state index in [4.69, 9.17) is 20.4 Å². The second kappa shape index (κ2) is 5.61. The highest BCUT2D eigenvalue weighted by Gasteiger charge is 2.38. The van der Waals surface area contributed by atoms with Crippen LogP contribution in [0.2, 0.25) is 0 Å². The Bertz CT molecular complexity index is 497. The smallest absolute Gasteiger partial charge is 0.490 e. The van der Waals surface area contributed by atoms with Crippen molar-refractivity contribution in [2.75, 3.05) is 6.61 Å². The molecule has 4 nitrogen and oxygen atoms in total. The van der Waals surface area contributed by atoms with Crippen LogP contribution in [-0.4, -0.2) is 29.9 Å². The zero-order chi connectivity index (χ0) is 14.9. The number of alkyl halides is 3. The van der Waals surface area contributed by atoms with Crippen molar-refractivity contribution in [2.24, 2.45) is 5.73 Å². The van der Waals surface area contributed by atoms with Crippen LogP contribution in [0.1, 0.15) is 29.2 Å². The van der Waals surface area contributed by atoms with E-state index < -0.39 is 12.1 Å². The second-order valence-corrected chi connectivity index (χ2v) is 5.76. The fraction of sp³-hybridized carbons (Fsp3) is 0.583. The third-order valence-corrected chi connectivity index (χ3v) is 4.00. The minimum atomic E-state index is -5.08. The lowest BCUT2D eigenvalue weighted by Gasteiger charge is -2.20. The summed E-state index contributed by atoms with van der Waals surface area (Å²) in [5.41, 5.74) is 7.28. The van der Waals surface area contributed by atoms with E-state index in [9.17, 15) is 13.2 Å². The molecule has 1 unspecified atom stereocenters. The Hall–Kier alpha value is -1.28. The van der Waals surface area contributed by atoms with Crippen molar-refractivity contribution in [2.45, 2.75) is 37.4 Å². The molecule has 1 aliphatic carbocycles. The molecule has 0 amide bonds. The maximum Gasteiger partial charge on any atom is 0.490 e. The summed E-state index contributed by atoms with van der Waals surface area (Å²) in [6.07, 6.45) is -1.39. The van der Waals surface area contributed by atoms with Crippen LogP contribution in [-0.2, 0) is 11.2 Å². The number of hydrogen-bond donors (Lipinski definition) is 2. The van der Waals surface area contributed by atoms with Crippen molar-refractivity contribution in [1.29, 1.82) is 0 Å². The number of ether oxygens (including phenoxy) is 1. The summed E-state index contributed by atoms with van der Waals surface area (Å²) >= 11 is 1.82. The molecule has 3 rings (SSSR count). The van der Waals surface area contributed by atoms with E-state index >= 15 is 0 Å². The molecule has 20 heavy (non-hydrogen) atoms. The van der Waals surface area contributed by atoms with Gasteiger partial charge in [-0.1, -0.05) is 0 Å². The van der Waals surface area contributed by atoms with Gasteiger partial charge in [0.15, 0.2) is 0 Å². The number of carboxylic acid groups (broad SMARTS) is 1. The number of aliphatic carboxylic acids is 1. The Kier molecular flexibility index (Phi) is 4.24. The highest BCUT2D eigenvalue weighted by atomic mass is 32.1. The molecule has 0 aromatic carbocycles. The average molecular weight is 309 g/mol. The van der Waals surface area contributed by atoms with Gasteiger partial charge in [-0.25, -0.2) is 4.79 Å². The monoisotopic (exact) mass is 309 g/mol. The summed E-state index contributed by atoms with van der Waals surface area (Å²) in [4.78, 5) is 10.3. The zero-order valence-corrected chi connectivity index (χ0v) is 11.3. The fourth-order valence-electron chi connectivity index (χ4n) is 1.87. The molecular formula is C12H14F3NO3S. The minimum Gasteiger partial charge on any atom is -0.490 e. The van der Waals surface area contributed by atoms with Gasteiger partial charge < -0.3 is 15.6 Å². The average Bonchev–Trinajstić information content (AvgIpc) is 3.09. The van der Waals surface area contributed by atoms with Gasteiger partial charge in [0.1, 0.15) is 12.4 Å². The summed E-state index contributed by atoms with van der Waals surface area (Å²) in [7, 11) is 0. The highest BCUT2D eigenvalue weighted by Crippen LogP contribution is 2.48. The molecule has 8 heteroatoms. The molecule has 1 atom stereocenters. The fourth-order valence-corrected chi connectivity index (χ4v) is 3.03. The predicted octanol–water partition coefficient (Wildman–Crippen LogP) is 2.52. The first-order valence-electron chi connectivity index (χ1n) is 6.07. The Morgan fingerprint density at radius 2 is 2.05 bits per heavy atom. The predicted molar refractivity (Wildman–Crippen MR) is 67.2 cm³/mol. The van der Waals surface area contributed by atoms with E-state index in [1.807, 2.05) is 11.3 Å². The first kappa shape index (κ1) is 15.1. The van der Waals surface area contributed by atoms with E-state index in [0.717, 1.165) is 12.3 Å². The topological polar surface area (TPSA) is 72.5 Å². The molecule has 0 bridgehead atoms. The molecule has 1 saturated carbocycles. The SMILES string of the molecule is NC1COc2c(C3CC3)csc2C1.O=C(O)C(F)(F)F. The lowest BCUT2D eigenvalue weighted by Crippen LogP contribution is -2.33. The van der Waals surface area contributed by atoms with Crippen molar-refractivity contribution in [3.8, 4) is 5.75 Å². The van der Waals surface area contributed by atoms with E-state index in [-0.39, 0.29) is 6.04 Å². The second-order valence-electron chi connectivity index (χ2n) is 4.80. The van der Waals surface area contributed by atoms with Gasteiger partial charge in [-0.15, -0.1) is 11.3 Å². The van der Waals surface area contributed by atoms with Gasteiger partial charge >= 0.3 is 12.1 Å². The van der Waals surface area contributed by atoms with Gasteiger partial charge in [0.25, 0.3) is 0 Å². The van der Waals surface area contributed by atoms with Crippen LogP contribution in [0.5, 0.6) is 5.75 Å². The quantitative estimate of drug-likeness (QED) is 0.836. The van der Waals surface area contributed by atoms with Gasteiger partial charge in [0.2, 0.25) is 0 Å². The standard InChI is InChI=1S/C10H13NOS.C2HF3O2/c11-7-3-9-10(12-4-7)8(5-13-9)6-1-2-6;3-2(4,5)1(6)7/h5-7H,1-4,11H2;(H,6,7). The maximum absolute atomic E-state index is 10.6. The Morgan fingerprint density at radius 3 is 2.55 bits per heavy atom. The molecule has 2 heterocycles. The van der Waals surface area contributed by atoms with Gasteiger partial charge in [-0.3, -0.25) is 0 Å². The van der Waals surface area contributed by atoms with E-state index in [1.54, 1.807) is 0 Å². The van der Waals surface area contributed by atoms with Gasteiger partial charge in [0.05, 0.1) is 0 Å². The summed E-state index contributed by atoms with van der Waals surface area (Å²) in [5, 5.41) is 9.39. The number of thiophene rings is 1. The van der Waals surface area contributed by atoms with Gasteiger partial charge in [-0.2, -0.15) is 13.2 Å². The summed E-state index contributed by atoms with van der Waals surface area (Å²) in [6, 6.07) is 0.207. The maximum atomic E-state index is 10.6. The van der Waals surface area contributed by atoms with Crippen LogP contribution in [0.3, 0.4) is 0 Å². The molecule has 112 valence electrons. The normalized spacial score (nSPS) is 21.3. The van der Waals surface area contributed by atoms with Crippen LogP contribution in [0.4, 0.5) is 13.2 Å². The van der Waals surface area contributed by atoms with Gasteiger partial charge in [-0.05, 0) is 24.1 Å². The first-order chi connectivity index (χ1) is 9.29. The molecule has 1 aliphatic heterocycles. The van der Waals surface area contributed by atoms with Crippen molar-refractivity contribution >= 4 is 17.3 Å². The highest BCUT2D eigenvalue weighted by molar-refractivity contribution is 7.10. The van der Waals surface area contributed by atoms with E-state index in [2.05, 4.69) is 5.38 Å². The lowest BCUT2D eigenvalue weighted by atomic mass is 10.1. The Morgan fingerprint density at radius 1 is 1.45 bits per heavy atom. The van der Waals surface area contributed by atoms with Crippen LogP contribution in [0, 0.1) is 0 Å². The summed E-state index contributed by atoms with van der Waals surface area (Å²) in [5.74, 6) is -0.781. The van der Waals surface area contributed by atoms with Crippen molar-refractivity contribution in [1.82, 2.24) is 0 Å². The van der Waals surface area contributed by atoms with E-state index in [0.29, 0.717) is 6.61 Å². The number of fused-ring (bicyclic) bond motifs is 1. The molecule has 3 N–H and O–H groups in total. The third-order valence-electron chi connectivity index (χ3n) is 2.99. The van der Waals surface area contributed by atoms with Crippen molar-refractivity contribution in [3.63, 3.8) is 0 Å². The van der Waals surface area contributed by atoms with E-state index in [1.165, 1.54) is 29.0 Å². The number of nitrogens with two attached hydrogens (primary N) is 1. The number of rotatable bonds is 1. The molecule has 2 aliphatic rings. The molecule has 0 spiro atoms. The number of carbonyl (C=O) groups is 1. The Balaban J connectivity index is 0.000000182. The van der Waals surface area contributed by atoms with Crippen LogP contribution in [0.15, 0.2) is 5.38 Å². The molecule has 1 aromatic heterocycles. The zero-order valence-electron chi connectivity index (χ0n) is 10.4. The number of hydrogen-bond acceptors (Lipinski definition) is 4. The largest absolute Gasteiger partial charge is 0.490 e.